The van der Waals surface area contributed by atoms with Crippen LogP contribution in [0.5, 0.6) is 5.88 Å². The summed E-state index contributed by atoms with van der Waals surface area (Å²) >= 11 is 0. The van der Waals surface area contributed by atoms with Gasteiger partial charge in [0.05, 0.1) is 6.61 Å². The maximum absolute atomic E-state index is 6.10. The highest BCUT2D eigenvalue weighted by atomic mass is 16.5. The lowest BCUT2D eigenvalue weighted by molar-refractivity contribution is 0.262. The molecule has 20 heavy (non-hydrogen) atoms. The van der Waals surface area contributed by atoms with Gasteiger partial charge in [-0.3, -0.25) is 0 Å². The Morgan fingerprint density at radius 3 is 2.40 bits per heavy atom. The zero-order valence-electron chi connectivity index (χ0n) is 13.4. The number of hydrogen-bond acceptors (Lipinski definition) is 5. The summed E-state index contributed by atoms with van der Waals surface area (Å²) in [6.07, 6.45) is 1.84. The van der Waals surface area contributed by atoms with Gasteiger partial charge in [0, 0.05) is 13.0 Å². The molecule has 0 aliphatic heterocycles. The highest BCUT2D eigenvalue weighted by Crippen LogP contribution is 2.26. The lowest BCUT2D eigenvalue weighted by Crippen LogP contribution is -2.14. The Labute approximate surface area is 122 Å². The van der Waals surface area contributed by atoms with Crippen molar-refractivity contribution in [1.29, 1.82) is 0 Å². The van der Waals surface area contributed by atoms with E-state index in [-0.39, 0.29) is 0 Å². The smallest absolute Gasteiger partial charge is 0.242 e. The predicted octanol–water partition coefficient (Wildman–Crippen LogP) is 3.11. The van der Waals surface area contributed by atoms with Crippen LogP contribution in [-0.2, 0) is 6.42 Å². The number of nitrogens with two attached hydrogens (primary N) is 1. The van der Waals surface area contributed by atoms with Crippen LogP contribution >= 0.6 is 0 Å². The van der Waals surface area contributed by atoms with E-state index in [1.165, 1.54) is 0 Å². The number of nitrogens with one attached hydrogen (secondary N) is 1. The summed E-state index contributed by atoms with van der Waals surface area (Å²) in [7, 11) is 0. The molecule has 0 bridgehead atoms. The Balaban J connectivity index is 2.83. The molecule has 0 saturated heterocycles. The summed E-state index contributed by atoms with van der Waals surface area (Å²) in [6.45, 7) is 12.1. The standard InChI is InChI=1S/C15H28N4O/c1-6-12-18-14(17-8-7-10(2)3)13(16)15(19-12)20-9-11(4)5/h10-11H,6-9,16H2,1-5H3,(H,17,18,19). The SMILES string of the molecule is CCc1nc(NCCC(C)C)c(N)c(OCC(C)C)n1. The lowest BCUT2D eigenvalue weighted by atomic mass is 10.1. The number of hydrogen-bond donors (Lipinski definition) is 2. The van der Waals surface area contributed by atoms with Crippen LogP contribution in [0.25, 0.3) is 0 Å². The number of nitrogens with zero attached hydrogens (tertiary/aromatic N) is 2. The van der Waals surface area contributed by atoms with Crippen molar-refractivity contribution in [3.8, 4) is 5.88 Å². The summed E-state index contributed by atoms with van der Waals surface area (Å²) in [5.74, 6) is 3.03. The van der Waals surface area contributed by atoms with Gasteiger partial charge in [-0.2, -0.15) is 4.98 Å². The van der Waals surface area contributed by atoms with Crippen molar-refractivity contribution in [2.24, 2.45) is 11.8 Å². The molecule has 1 rings (SSSR count). The third-order valence-electron chi connectivity index (χ3n) is 2.84. The zero-order valence-corrected chi connectivity index (χ0v) is 13.4. The molecule has 5 nitrogen and oxygen atoms in total. The maximum atomic E-state index is 6.10. The topological polar surface area (TPSA) is 73.1 Å². The average molecular weight is 280 g/mol. The molecule has 0 atom stereocenters. The number of nitrogen functional groups attached to an aromatic ring is 1. The largest absolute Gasteiger partial charge is 0.476 e. The van der Waals surface area contributed by atoms with E-state index in [9.17, 15) is 0 Å². The molecular weight excluding hydrogens is 252 g/mol. The normalized spacial score (nSPS) is 11.2. The van der Waals surface area contributed by atoms with Crippen LogP contribution in [0, 0.1) is 11.8 Å². The Bertz CT molecular complexity index is 419. The van der Waals surface area contributed by atoms with Crippen LogP contribution < -0.4 is 15.8 Å². The maximum Gasteiger partial charge on any atom is 0.242 e. The first-order valence-electron chi connectivity index (χ1n) is 7.47. The second-order valence-corrected chi connectivity index (χ2v) is 5.87. The van der Waals surface area contributed by atoms with Crippen molar-refractivity contribution in [3.05, 3.63) is 5.82 Å². The first kappa shape index (κ1) is 16.5. The molecule has 0 aromatic carbocycles. The molecule has 3 N–H and O–H groups in total. The molecule has 1 heterocycles. The van der Waals surface area contributed by atoms with E-state index in [4.69, 9.17) is 10.5 Å². The summed E-state index contributed by atoms with van der Waals surface area (Å²) in [5.41, 5.74) is 6.60. The fraction of sp³-hybridized carbons (Fsp3) is 0.733. The van der Waals surface area contributed by atoms with Gasteiger partial charge >= 0.3 is 0 Å². The minimum absolute atomic E-state index is 0.437. The van der Waals surface area contributed by atoms with Crippen LogP contribution in [0.1, 0.15) is 46.9 Å². The van der Waals surface area contributed by atoms with Crippen molar-refractivity contribution in [3.63, 3.8) is 0 Å². The Hall–Kier alpha value is -1.52. The zero-order chi connectivity index (χ0) is 15.1. The summed E-state index contributed by atoms with van der Waals surface area (Å²) in [4.78, 5) is 8.82. The van der Waals surface area contributed by atoms with Crippen molar-refractivity contribution in [1.82, 2.24) is 9.97 Å². The fourth-order valence-electron chi connectivity index (χ4n) is 1.62. The Morgan fingerprint density at radius 2 is 1.85 bits per heavy atom. The molecule has 1 aromatic rings. The summed E-state index contributed by atoms with van der Waals surface area (Å²) < 4.78 is 5.69. The van der Waals surface area contributed by atoms with Gasteiger partial charge in [-0.15, -0.1) is 0 Å². The van der Waals surface area contributed by atoms with E-state index < -0.39 is 0 Å². The molecule has 0 radical (unpaired) electrons. The van der Waals surface area contributed by atoms with Crippen LogP contribution in [0.3, 0.4) is 0 Å². The third kappa shape index (κ3) is 5.23. The molecule has 0 amide bonds. The highest BCUT2D eigenvalue weighted by molar-refractivity contribution is 5.66. The van der Waals surface area contributed by atoms with Gasteiger partial charge in [0.15, 0.2) is 5.82 Å². The monoisotopic (exact) mass is 280 g/mol. The van der Waals surface area contributed by atoms with Gasteiger partial charge in [0.2, 0.25) is 5.88 Å². The van der Waals surface area contributed by atoms with Crippen LogP contribution in [-0.4, -0.2) is 23.1 Å². The van der Waals surface area contributed by atoms with Crippen LogP contribution in [0.15, 0.2) is 0 Å². The van der Waals surface area contributed by atoms with Gasteiger partial charge in [0.1, 0.15) is 11.5 Å². The molecule has 1 aromatic heterocycles. The minimum Gasteiger partial charge on any atom is -0.476 e. The molecule has 0 spiro atoms. The fourth-order valence-corrected chi connectivity index (χ4v) is 1.62. The molecule has 0 fully saturated rings. The molecule has 0 unspecified atom stereocenters. The van der Waals surface area contributed by atoms with Gasteiger partial charge in [-0.1, -0.05) is 34.6 Å². The van der Waals surface area contributed by atoms with Gasteiger partial charge < -0.3 is 15.8 Å². The number of aromatic nitrogens is 2. The molecule has 5 heteroatoms. The summed E-state index contributed by atoms with van der Waals surface area (Å²) in [5, 5.41) is 3.29. The van der Waals surface area contributed by atoms with E-state index in [0.29, 0.717) is 35.8 Å². The van der Waals surface area contributed by atoms with Crippen molar-refractivity contribution in [2.75, 3.05) is 24.2 Å². The van der Waals surface area contributed by atoms with Gasteiger partial charge in [-0.05, 0) is 18.3 Å². The Kier molecular flexibility index (Phi) is 6.55. The van der Waals surface area contributed by atoms with E-state index in [1.54, 1.807) is 0 Å². The highest BCUT2D eigenvalue weighted by Gasteiger charge is 2.13. The third-order valence-corrected chi connectivity index (χ3v) is 2.84. The minimum atomic E-state index is 0.437. The number of aryl methyl sites for hydroxylation is 1. The number of ether oxygens (including phenoxy) is 1. The molecule has 0 aliphatic rings. The van der Waals surface area contributed by atoms with Crippen LogP contribution in [0.2, 0.25) is 0 Å². The predicted molar refractivity (Wildman–Crippen MR) is 84.1 cm³/mol. The van der Waals surface area contributed by atoms with E-state index in [2.05, 4.69) is 43.0 Å². The van der Waals surface area contributed by atoms with Gasteiger partial charge in [-0.25, -0.2) is 4.98 Å². The first-order chi connectivity index (χ1) is 9.43. The van der Waals surface area contributed by atoms with Crippen molar-refractivity contribution >= 4 is 11.5 Å². The lowest BCUT2D eigenvalue weighted by Gasteiger charge is -2.15. The van der Waals surface area contributed by atoms with Crippen molar-refractivity contribution in [2.45, 2.75) is 47.5 Å². The second-order valence-electron chi connectivity index (χ2n) is 5.87. The van der Waals surface area contributed by atoms with Crippen molar-refractivity contribution < 1.29 is 4.74 Å². The molecule has 0 aliphatic carbocycles. The van der Waals surface area contributed by atoms with Gasteiger partial charge in [0.25, 0.3) is 0 Å². The molecule has 114 valence electrons. The van der Waals surface area contributed by atoms with E-state index >= 15 is 0 Å². The molecule has 0 saturated carbocycles. The average Bonchev–Trinajstić information content (AvgIpc) is 2.38. The second kappa shape index (κ2) is 7.92. The Morgan fingerprint density at radius 1 is 1.15 bits per heavy atom. The summed E-state index contributed by atoms with van der Waals surface area (Å²) in [6, 6.07) is 0. The van der Waals surface area contributed by atoms with Crippen LogP contribution in [0.4, 0.5) is 11.5 Å². The van der Waals surface area contributed by atoms with E-state index in [1.807, 2.05) is 6.92 Å². The number of rotatable bonds is 8. The van der Waals surface area contributed by atoms with E-state index in [0.717, 1.165) is 25.2 Å². The first-order valence-corrected chi connectivity index (χ1v) is 7.47. The molecular formula is C15H28N4O. The quantitative estimate of drug-likeness (QED) is 0.765. The number of anilines is 2.